The molecule has 0 aromatic heterocycles. The van der Waals surface area contributed by atoms with Gasteiger partial charge in [-0.2, -0.15) is 0 Å². The van der Waals surface area contributed by atoms with E-state index < -0.39 is 20.3 Å². The second-order valence-corrected chi connectivity index (χ2v) is 8.89. The van der Waals surface area contributed by atoms with Gasteiger partial charge >= 0.3 is 15.2 Å². The summed E-state index contributed by atoms with van der Waals surface area (Å²) in [6.45, 7) is 1.87. The third kappa shape index (κ3) is 7.18. The molecule has 0 saturated heterocycles. The monoisotopic (exact) mass is 373 g/mol. The van der Waals surface area contributed by atoms with Crippen molar-refractivity contribution in [2.45, 2.75) is 31.3 Å². The Morgan fingerprint density at radius 3 is 1.33 bits per heavy atom. The molecule has 0 bridgehead atoms. The van der Waals surface area contributed by atoms with Crippen LogP contribution in [0.1, 0.15) is 26.2 Å². The molecule has 0 unspecified atom stereocenters. The molecule has 0 rings (SSSR count). The predicted molar refractivity (Wildman–Crippen MR) is 85.0 cm³/mol. The minimum Gasteiger partial charge on any atom is -0.368 e. The van der Waals surface area contributed by atoms with Crippen molar-refractivity contribution in [2.24, 2.45) is 0 Å². The Balaban J connectivity index is -0.000000482. The fraction of sp³-hybridized carbons (Fsp3) is 1.00. The zero-order chi connectivity index (χ0) is 14.4. The molecule has 0 aromatic rings. The van der Waals surface area contributed by atoms with E-state index in [0.717, 1.165) is 28.4 Å². The molecule has 7 nitrogen and oxygen atoms in total. The van der Waals surface area contributed by atoms with E-state index in [9.17, 15) is 14.2 Å². The molecule has 0 fully saturated rings. The topological polar surface area (TPSA) is 91.3 Å². The van der Waals surface area contributed by atoms with Gasteiger partial charge in [0, 0.05) is 117 Å². The van der Waals surface area contributed by atoms with Gasteiger partial charge in [0.25, 0.3) is 5.08 Å². The molecule has 1 N–H and O–H groups in total. The van der Waals surface area contributed by atoms with Crippen LogP contribution in [0, 0.1) is 0 Å². The number of unbranched alkanes of at least 4 members (excludes halogenated alkanes) is 1. The van der Waals surface area contributed by atoms with E-state index in [0.29, 0.717) is 12.8 Å². The van der Waals surface area contributed by atoms with Crippen molar-refractivity contribution in [1.82, 2.24) is 0 Å². The standard InChI is InChI=1S/C9H22O7P2.3Na/c1-6-7-8-9(10,17(11,13-2)14-3)18(12,15-4)16-5;;;/h10H,6-8H2,1-5H3;;;. The van der Waals surface area contributed by atoms with Crippen LogP contribution < -0.4 is 0 Å². The Labute approximate surface area is 193 Å². The summed E-state index contributed by atoms with van der Waals surface area (Å²) in [4.78, 5) is 0. The van der Waals surface area contributed by atoms with Gasteiger partial charge in [0.2, 0.25) is 0 Å². The number of hydrogen-bond acceptors (Lipinski definition) is 7. The van der Waals surface area contributed by atoms with Gasteiger partial charge in [-0.25, -0.2) is 0 Å². The Morgan fingerprint density at radius 1 is 0.857 bits per heavy atom. The van der Waals surface area contributed by atoms with Gasteiger partial charge in [0.05, 0.1) is 0 Å². The number of hydrogen-bond donors (Lipinski definition) is 1. The van der Waals surface area contributed by atoms with E-state index in [1.165, 1.54) is 0 Å². The summed E-state index contributed by atoms with van der Waals surface area (Å²) >= 11 is 0. The van der Waals surface area contributed by atoms with Crippen LogP contribution in [0.15, 0.2) is 0 Å². The number of aliphatic hydroxyl groups is 1. The average molecular weight is 373 g/mol. The molecule has 21 heavy (non-hydrogen) atoms. The molecule has 3 radical (unpaired) electrons. The first-order valence-electron chi connectivity index (χ1n) is 5.46. The van der Waals surface area contributed by atoms with Crippen molar-refractivity contribution in [3.63, 3.8) is 0 Å². The average Bonchev–Trinajstić information content (AvgIpc) is 2.42. The van der Waals surface area contributed by atoms with Crippen LogP contribution in [-0.2, 0) is 27.2 Å². The molecular formula is C9H22Na3O7P2. The summed E-state index contributed by atoms with van der Waals surface area (Å²) in [5, 5.41) is 8.24. The molecule has 0 saturated carbocycles. The maximum Gasteiger partial charge on any atom is 0.374 e. The second kappa shape index (κ2) is 14.4. The zero-order valence-electron chi connectivity index (χ0n) is 14.4. The molecule has 0 spiro atoms. The first-order valence-corrected chi connectivity index (χ1v) is 8.55. The second-order valence-electron chi connectivity index (χ2n) is 3.60. The van der Waals surface area contributed by atoms with Crippen LogP contribution >= 0.6 is 15.2 Å². The van der Waals surface area contributed by atoms with Crippen LogP contribution in [0.3, 0.4) is 0 Å². The van der Waals surface area contributed by atoms with Crippen LogP contribution in [0.2, 0.25) is 0 Å². The van der Waals surface area contributed by atoms with E-state index in [1.54, 1.807) is 0 Å². The zero-order valence-corrected chi connectivity index (χ0v) is 22.2. The number of rotatable bonds is 9. The van der Waals surface area contributed by atoms with Gasteiger partial charge in [-0.1, -0.05) is 13.3 Å². The van der Waals surface area contributed by atoms with Crippen LogP contribution in [0.5, 0.6) is 0 Å². The van der Waals surface area contributed by atoms with Gasteiger partial charge in [0.15, 0.2) is 0 Å². The molecule has 113 valence electrons. The van der Waals surface area contributed by atoms with Crippen molar-refractivity contribution in [3.05, 3.63) is 0 Å². The first-order chi connectivity index (χ1) is 8.30. The molecular weight excluding hydrogens is 351 g/mol. The van der Waals surface area contributed by atoms with Crippen LogP contribution in [-0.4, -0.2) is 127 Å². The maximum absolute atomic E-state index is 12.4. The van der Waals surface area contributed by atoms with Gasteiger partial charge in [0.1, 0.15) is 0 Å². The maximum atomic E-state index is 12.4. The molecule has 0 aliphatic carbocycles. The fourth-order valence-electron chi connectivity index (χ4n) is 1.57. The van der Waals surface area contributed by atoms with E-state index >= 15 is 0 Å². The minimum atomic E-state index is -4.05. The smallest absolute Gasteiger partial charge is 0.368 e. The Bertz CT molecular complexity index is 314. The van der Waals surface area contributed by atoms with Gasteiger partial charge in [-0.05, 0) is 12.8 Å². The molecule has 0 heterocycles. The molecule has 0 aromatic carbocycles. The summed E-state index contributed by atoms with van der Waals surface area (Å²) in [7, 11) is -3.66. The van der Waals surface area contributed by atoms with E-state index in [4.69, 9.17) is 18.1 Å². The molecule has 12 heteroatoms. The summed E-state index contributed by atoms with van der Waals surface area (Å²) in [6.07, 6.45) is 1.08. The fourth-order valence-corrected chi connectivity index (χ4v) is 6.08. The molecule has 0 amide bonds. The van der Waals surface area contributed by atoms with Gasteiger partial charge in [-0.15, -0.1) is 0 Å². The third-order valence-electron chi connectivity index (χ3n) is 2.70. The van der Waals surface area contributed by atoms with Crippen LogP contribution in [0.4, 0.5) is 0 Å². The first kappa shape index (κ1) is 32.0. The predicted octanol–water partition coefficient (Wildman–Crippen LogP) is 1.65. The summed E-state index contributed by atoms with van der Waals surface area (Å²) in [5.41, 5.74) is 0. The van der Waals surface area contributed by atoms with Crippen molar-refractivity contribution < 1.29 is 32.3 Å². The summed E-state index contributed by atoms with van der Waals surface area (Å²) in [5.74, 6) is 0. The molecule has 0 aliphatic heterocycles. The summed E-state index contributed by atoms with van der Waals surface area (Å²) in [6, 6.07) is 0. The quantitative estimate of drug-likeness (QED) is 0.485. The van der Waals surface area contributed by atoms with Crippen LogP contribution in [0.25, 0.3) is 0 Å². The van der Waals surface area contributed by atoms with E-state index in [-0.39, 0.29) is 95.1 Å². The van der Waals surface area contributed by atoms with Crippen molar-refractivity contribution in [2.75, 3.05) is 28.4 Å². The molecule has 0 atom stereocenters. The Kier molecular flexibility index (Phi) is 22.0. The van der Waals surface area contributed by atoms with Crippen molar-refractivity contribution in [3.8, 4) is 0 Å². The summed E-state index contributed by atoms with van der Waals surface area (Å²) < 4.78 is 43.8. The van der Waals surface area contributed by atoms with Gasteiger partial charge < -0.3 is 23.2 Å². The van der Waals surface area contributed by atoms with E-state index in [1.807, 2.05) is 6.92 Å². The van der Waals surface area contributed by atoms with Gasteiger partial charge in [-0.3, -0.25) is 9.13 Å². The molecule has 0 aliphatic rings. The Morgan fingerprint density at radius 2 is 1.14 bits per heavy atom. The van der Waals surface area contributed by atoms with E-state index in [2.05, 4.69) is 0 Å². The third-order valence-corrected chi connectivity index (χ3v) is 8.30. The van der Waals surface area contributed by atoms with Crippen molar-refractivity contribution in [1.29, 1.82) is 0 Å². The SMILES string of the molecule is CCCCC(O)(P(=O)(OC)OC)P(=O)(OC)OC.[Na].[Na].[Na]. The van der Waals surface area contributed by atoms with Crippen molar-refractivity contribution >= 4 is 104 Å². The largest absolute Gasteiger partial charge is 0.374 e. The Hall–Kier alpha value is 3.26. The normalized spacial score (nSPS) is 11.9. The minimum absolute atomic E-state index is 0.